The second-order valence-corrected chi connectivity index (χ2v) is 7.47. The van der Waals surface area contributed by atoms with Gasteiger partial charge in [0.2, 0.25) is 12.7 Å². The average molecular weight is 425 g/mol. The van der Waals surface area contributed by atoms with Gasteiger partial charge in [0.25, 0.3) is 5.91 Å². The summed E-state index contributed by atoms with van der Waals surface area (Å²) in [6.07, 6.45) is 0. The number of anilines is 1. The molecule has 2 amide bonds. The number of hydrogen-bond acceptors (Lipinski definition) is 7. The van der Waals surface area contributed by atoms with Crippen molar-refractivity contribution in [3.63, 3.8) is 0 Å². The number of fused-ring (bicyclic) bond motifs is 1. The number of nitrogens with zero attached hydrogens (tertiary/aromatic N) is 2. The van der Waals surface area contributed by atoms with Gasteiger partial charge in [-0.05, 0) is 37.3 Å². The number of carbonyl (C=O) groups is 3. The molecule has 1 saturated heterocycles. The van der Waals surface area contributed by atoms with Crippen LogP contribution in [-0.2, 0) is 4.79 Å². The van der Waals surface area contributed by atoms with Crippen molar-refractivity contribution in [2.75, 3.05) is 44.8 Å². The molecule has 0 aliphatic carbocycles. The van der Waals surface area contributed by atoms with Gasteiger partial charge in [0.1, 0.15) is 5.75 Å². The number of carbonyl (C=O) groups excluding carboxylic acids is 3. The van der Waals surface area contributed by atoms with Gasteiger partial charge in [-0.1, -0.05) is 0 Å². The number of piperazine rings is 1. The standard InChI is InChI=1S/C22H23N3O6/c1-14(26)17-10-19-20(31-13-30-19)11-18(17)23-21(28)12-24-6-8-25(9-7-24)22(29)15-2-4-16(27)5-3-15/h2-5,10-11,27H,6-9,12-13H2,1H3,(H,23,28). The molecule has 9 heteroatoms. The van der Waals surface area contributed by atoms with Crippen LogP contribution in [0.5, 0.6) is 17.2 Å². The minimum Gasteiger partial charge on any atom is -0.508 e. The van der Waals surface area contributed by atoms with Gasteiger partial charge in [-0.2, -0.15) is 0 Å². The van der Waals surface area contributed by atoms with Crippen molar-refractivity contribution in [3.8, 4) is 17.2 Å². The van der Waals surface area contributed by atoms with Crippen molar-refractivity contribution < 1.29 is 29.0 Å². The minimum absolute atomic E-state index is 0.0806. The zero-order valence-corrected chi connectivity index (χ0v) is 17.1. The molecule has 2 aliphatic heterocycles. The molecule has 0 aromatic heterocycles. The smallest absolute Gasteiger partial charge is 0.253 e. The Morgan fingerprint density at radius 2 is 1.65 bits per heavy atom. The van der Waals surface area contributed by atoms with Crippen molar-refractivity contribution in [2.45, 2.75) is 6.92 Å². The first-order chi connectivity index (χ1) is 14.9. The van der Waals surface area contributed by atoms with Crippen LogP contribution in [0.4, 0.5) is 5.69 Å². The number of rotatable bonds is 5. The number of aromatic hydroxyl groups is 1. The first kappa shape index (κ1) is 20.7. The third-order valence-corrected chi connectivity index (χ3v) is 5.31. The molecular weight excluding hydrogens is 402 g/mol. The fourth-order valence-electron chi connectivity index (χ4n) is 3.63. The maximum atomic E-state index is 12.6. The Morgan fingerprint density at radius 1 is 1.00 bits per heavy atom. The van der Waals surface area contributed by atoms with E-state index in [0.717, 1.165) is 0 Å². The number of Topliss-reactive ketones (excluding diaryl/α,β-unsaturated/α-hetero) is 1. The molecule has 4 rings (SSSR count). The summed E-state index contributed by atoms with van der Waals surface area (Å²) in [5.74, 6) is 0.548. The SMILES string of the molecule is CC(=O)c1cc2c(cc1NC(=O)CN1CCN(C(=O)c3ccc(O)cc3)CC1)OCO2. The average Bonchev–Trinajstić information content (AvgIpc) is 3.21. The number of benzene rings is 2. The van der Waals surface area contributed by atoms with Crippen LogP contribution < -0.4 is 14.8 Å². The van der Waals surface area contributed by atoms with Crippen LogP contribution in [0.25, 0.3) is 0 Å². The second-order valence-electron chi connectivity index (χ2n) is 7.47. The van der Waals surface area contributed by atoms with Crippen LogP contribution in [0.1, 0.15) is 27.6 Å². The lowest BCUT2D eigenvalue weighted by Crippen LogP contribution is -2.50. The quantitative estimate of drug-likeness (QED) is 0.702. The van der Waals surface area contributed by atoms with Gasteiger partial charge in [-0.3, -0.25) is 19.3 Å². The highest BCUT2D eigenvalue weighted by atomic mass is 16.7. The van der Waals surface area contributed by atoms with E-state index in [9.17, 15) is 19.5 Å². The Morgan fingerprint density at radius 3 is 2.29 bits per heavy atom. The molecular formula is C22H23N3O6. The first-order valence-corrected chi connectivity index (χ1v) is 9.96. The molecule has 0 radical (unpaired) electrons. The fourth-order valence-corrected chi connectivity index (χ4v) is 3.63. The number of phenolic OH excluding ortho intramolecular Hbond substituents is 1. The highest BCUT2D eigenvalue weighted by molar-refractivity contribution is 6.05. The predicted octanol–water partition coefficient (Wildman–Crippen LogP) is 1.72. The monoisotopic (exact) mass is 425 g/mol. The van der Waals surface area contributed by atoms with E-state index in [0.29, 0.717) is 54.5 Å². The molecule has 1 fully saturated rings. The van der Waals surface area contributed by atoms with Gasteiger partial charge >= 0.3 is 0 Å². The van der Waals surface area contributed by atoms with E-state index in [4.69, 9.17) is 9.47 Å². The Kier molecular flexibility index (Phi) is 5.77. The van der Waals surface area contributed by atoms with Crippen LogP contribution in [0, 0.1) is 0 Å². The summed E-state index contributed by atoms with van der Waals surface area (Å²) < 4.78 is 10.6. The summed E-state index contributed by atoms with van der Waals surface area (Å²) in [6.45, 7) is 3.75. The largest absolute Gasteiger partial charge is 0.508 e. The van der Waals surface area contributed by atoms with E-state index in [2.05, 4.69) is 5.32 Å². The lowest BCUT2D eigenvalue weighted by atomic mass is 10.1. The van der Waals surface area contributed by atoms with E-state index in [-0.39, 0.29) is 36.7 Å². The third-order valence-electron chi connectivity index (χ3n) is 5.31. The molecule has 0 unspecified atom stereocenters. The minimum atomic E-state index is -0.250. The molecule has 0 spiro atoms. The Balaban J connectivity index is 1.33. The number of ketones is 1. The van der Waals surface area contributed by atoms with Gasteiger partial charge in [-0.15, -0.1) is 0 Å². The molecule has 2 aromatic rings. The molecule has 2 aliphatic rings. The Bertz CT molecular complexity index is 1010. The van der Waals surface area contributed by atoms with Crippen LogP contribution >= 0.6 is 0 Å². The highest BCUT2D eigenvalue weighted by Crippen LogP contribution is 2.37. The van der Waals surface area contributed by atoms with Crippen molar-refractivity contribution in [1.29, 1.82) is 0 Å². The molecule has 162 valence electrons. The molecule has 31 heavy (non-hydrogen) atoms. The van der Waals surface area contributed by atoms with Gasteiger partial charge in [0.05, 0.1) is 12.2 Å². The maximum Gasteiger partial charge on any atom is 0.253 e. The van der Waals surface area contributed by atoms with E-state index in [1.807, 2.05) is 4.90 Å². The van der Waals surface area contributed by atoms with E-state index in [1.54, 1.807) is 29.2 Å². The van der Waals surface area contributed by atoms with Gasteiger partial charge in [0.15, 0.2) is 17.3 Å². The van der Waals surface area contributed by atoms with Gasteiger partial charge in [-0.25, -0.2) is 0 Å². The van der Waals surface area contributed by atoms with Crippen LogP contribution in [0.2, 0.25) is 0 Å². The van der Waals surface area contributed by atoms with Gasteiger partial charge in [0, 0.05) is 43.4 Å². The first-order valence-electron chi connectivity index (χ1n) is 9.96. The van der Waals surface area contributed by atoms with E-state index >= 15 is 0 Å². The lowest BCUT2D eigenvalue weighted by Gasteiger charge is -2.34. The van der Waals surface area contributed by atoms with Crippen LogP contribution in [0.3, 0.4) is 0 Å². The van der Waals surface area contributed by atoms with Crippen LogP contribution in [-0.4, -0.2) is 72.0 Å². The van der Waals surface area contributed by atoms with Crippen molar-refractivity contribution >= 4 is 23.3 Å². The van der Waals surface area contributed by atoms with Crippen molar-refractivity contribution in [3.05, 3.63) is 47.5 Å². The normalized spacial score (nSPS) is 15.6. The van der Waals surface area contributed by atoms with Crippen molar-refractivity contribution in [1.82, 2.24) is 9.80 Å². The fraction of sp³-hybridized carbons (Fsp3) is 0.318. The van der Waals surface area contributed by atoms with E-state index in [1.165, 1.54) is 19.1 Å². The Labute approximate surface area is 179 Å². The second kappa shape index (κ2) is 8.65. The molecule has 0 saturated carbocycles. The van der Waals surface area contributed by atoms with Gasteiger partial charge < -0.3 is 24.8 Å². The molecule has 0 bridgehead atoms. The van der Waals surface area contributed by atoms with Crippen LogP contribution in [0.15, 0.2) is 36.4 Å². The molecule has 2 N–H and O–H groups in total. The molecule has 2 heterocycles. The highest BCUT2D eigenvalue weighted by Gasteiger charge is 2.25. The Hall–Kier alpha value is -3.59. The molecule has 2 aromatic carbocycles. The van der Waals surface area contributed by atoms with Crippen molar-refractivity contribution in [2.24, 2.45) is 0 Å². The summed E-state index contributed by atoms with van der Waals surface area (Å²) in [5, 5.41) is 12.2. The predicted molar refractivity (Wildman–Crippen MR) is 112 cm³/mol. The number of nitrogens with one attached hydrogen (secondary N) is 1. The topological polar surface area (TPSA) is 108 Å². The summed E-state index contributed by atoms with van der Waals surface area (Å²) in [7, 11) is 0. The summed E-state index contributed by atoms with van der Waals surface area (Å²) >= 11 is 0. The number of ether oxygens (including phenoxy) is 2. The summed E-state index contributed by atoms with van der Waals surface area (Å²) in [4.78, 5) is 40.8. The number of hydrogen-bond donors (Lipinski definition) is 2. The molecule has 9 nitrogen and oxygen atoms in total. The molecule has 0 atom stereocenters. The zero-order chi connectivity index (χ0) is 22.0. The summed E-state index contributed by atoms with van der Waals surface area (Å²) in [5.41, 5.74) is 1.27. The maximum absolute atomic E-state index is 12.6. The number of phenols is 1. The van der Waals surface area contributed by atoms with E-state index < -0.39 is 0 Å². The summed E-state index contributed by atoms with van der Waals surface area (Å²) in [6, 6.07) is 9.34. The zero-order valence-electron chi connectivity index (χ0n) is 17.1. The lowest BCUT2D eigenvalue weighted by molar-refractivity contribution is -0.117. The third kappa shape index (κ3) is 4.61. The number of amides is 2.